The fourth-order valence-electron chi connectivity index (χ4n) is 2.71. The predicted octanol–water partition coefficient (Wildman–Crippen LogP) is 3.57. The van der Waals surface area contributed by atoms with E-state index in [4.69, 9.17) is 4.74 Å². The molecule has 0 radical (unpaired) electrons. The van der Waals surface area contributed by atoms with Crippen LogP contribution in [-0.2, 0) is 10.0 Å². The average molecular weight is 409 g/mol. The van der Waals surface area contributed by atoms with E-state index in [-0.39, 0.29) is 6.04 Å². The molecule has 0 saturated carbocycles. The van der Waals surface area contributed by atoms with Gasteiger partial charge in [0.25, 0.3) is 0 Å². The van der Waals surface area contributed by atoms with Crippen molar-refractivity contribution in [1.29, 1.82) is 0 Å². The van der Waals surface area contributed by atoms with Crippen LogP contribution in [-0.4, -0.2) is 31.9 Å². The van der Waals surface area contributed by atoms with Crippen LogP contribution in [0.1, 0.15) is 23.6 Å². The maximum absolute atomic E-state index is 12.2. The Morgan fingerprint density at radius 3 is 2.54 bits per heavy atom. The van der Waals surface area contributed by atoms with E-state index in [2.05, 4.69) is 21.0 Å². The number of hydrogen-bond acceptors (Lipinski definition) is 4. The molecule has 2 aromatic rings. The molecular formula is C17H17BrN2O3S. The van der Waals surface area contributed by atoms with Gasteiger partial charge in [0, 0.05) is 10.9 Å². The van der Waals surface area contributed by atoms with Gasteiger partial charge in [0.2, 0.25) is 10.0 Å². The van der Waals surface area contributed by atoms with E-state index in [1.165, 1.54) is 10.7 Å². The van der Waals surface area contributed by atoms with Crippen molar-refractivity contribution in [3.05, 3.63) is 64.1 Å². The van der Waals surface area contributed by atoms with Crippen LogP contribution in [0.4, 0.5) is 0 Å². The Kier molecular flexibility index (Phi) is 4.64. The first-order valence-electron chi connectivity index (χ1n) is 7.35. The maximum Gasteiger partial charge on any atom is 0.247 e. The molecule has 0 fully saturated rings. The number of methoxy groups -OCH3 is 1. The third-order valence-corrected chi connectivity index (χ3v) is 5.41. The molecule has 0 amide bonds. The van der Waals surface area contributed by atoms with Crippen molar-refractivity contribution in [2.75, 3.05) is 13.4 Å². The van der Waals surface area contributed by atoms with Crippen molar-refractivity contribution < 1.29 is 13.2 Å². The van der Waals surface area contributed by atoms with Gasteiger partial charge in [0.05, 0.1) is 25.1 Å². The van der Waals surface area contributed by atoms with Gasteiger partial charge in [-0.3, -0.25) is 0 Å². The Hall–Kier alpha value is -1.86. The van der Waals surface area contributed by atoms with Crippen molar-refractivity contribution in [2.45, 2.75) is 12.5 Å². The molecule has 24 heavy (non-hydrogen) atoms. The third-order valence-electron chi connectivity index (χ3n) is 3.87. The van der Waals surface area contributed by atoms with E-state index in [0.717, 1.165) is 21.3 Å². The van der Waals surface area contributed by atoms with E-state index in [1.54, 1.807) is 7.11 Å². The Balaban J connectivity index is 2.00. The molecule has 1 aliphatic heterocycles. The monoisotopic (exact) mass is 408 g/mol. The molecule has 0 unspecified atom stereocenters. The van der Waals surface area contributed by atoms with E-state index in [9.17, 15) is 8.42 Å². The molecule has 1 heterocycles. The van der Waals surface area contributed by atoms with E-state index >= 15 is 0 Å². The SMILES string of the molecule is COc1cccc([C@H]2CC(c3ccc(Br)cc3)=NN2S(C)(=O)=O)c1. The number of hydrazone groups is 1. The zero-order valence-corrected chi connectivity index (χ0v) is 15.7. The molecule has 0 aromatic heterocycles. The minimum atomic E-state index is -3.47. The van der Waals surface area contributed by atoms with Gasteiger partial charge in [-0.2, -0.15) is 9.52 Å². The summed E-state index contributed by atoms with van der Waals surface area (Å²) in [7, 11) is -1.88. The van der Waals surface area contributed by atoms with Crippen LogP contribution in [0.15, 0.2) is 58.1 Å². The van der Waals surface area contributed by atoms with Crippen molar-refractivity contribution >= 4 is 31.7 Å². The highest BCUT2D eigenvalue weighted by Crippen LogP contribution is 2.35. The van der Waals surface area contributed by atoms with Crippen LogP contribution in [0.5, 0.6) is 5.75 Å². The Morgan fingerprint density at radius 2 is 1.92 bits per heavy atom. The largest absolute Gasteiger partial charge is 0.497 e. The molecule has 2 aromatic carbocycles. The minimum absolute atomic E-state index is 0.367. The molecule has 1 atom stereocenters. The average Bonchev–Trinajstić information content (AvgIpc) is 3.01. The first-order chi connectivity index (χ1) is 11.4. The number of hydrogen-bond donors (Lipinski definition) is 0. The van der Waals surface area contributed by atoms with Crippen LogP contribution >= 0.6 is 15.9 Å². The van der Waals surface area contributed by atoms with E-state index in [1.807, 2.05) is 48.5 Å². The zero-order valence-electron chi connectivity index (χ0n) is 13.3. The Bertz CT molecular complexity index is 879. The summed E-state index contributed by atoms with van der Waals surface area (Å²) in [5, 5.41) is 4.38. The fraction of sp³-hybridized carbons (Fsp3) is 0.235. The number of ether oxygens (including phenoxy) is 1. The molecule has 0 saturated heterocycles. The van der Waals surface area contributed by atoms with Crippen LogP contribution in [0.3, 0.4) is 0 Å². The van der Waals surface area contributed by atoms with Crippen LogP contribution in [0.25, 0.3) is 0 Å². The summed E-state index contributed by atoms with van der Waals surface area (Å²) in [5.41, 5.74) is 2.52. The summed E-state index contributed by atoms with van der Waals surface area (Å²) in [6, 6.07) is 14.8. The normalized spacial score (nSPS) is 17.7. The lowest BCUT2D eigenvalue weighted by atomic mass is 9.99. The van der Waals surface area contributed by atoms with Gasteiger partial charge in [0.1, 0.15) is 5.75 Å². The molecule has 0 aliphatic carbocycles. The van der Waals surface area contributed by atoms with Gasteiger partial charge >= 0.3 is 0 Å². The van der Waals surface area contributed by atoms with Crippen molar-refractivity contribution in [2.24, 2.45) is 5.10 Å². The second kappa shape index (κ2) is 6.57. The van der Waals surface area contributed by atoms with Gasteiger partial charge in [0.15, 0.2) is 0 Å². The number of benzene rings is 2. The second-order valence-corrected chi connectivity index (χ2v) is 8.34. The first-order valence-corrected chi connectivity index (χ1v) is 9.99. The van der Waals surface area contributed by atoms with Crippen LogP contribution in [0.2, 0.25) is 0 Å². The second-order valence-electron chi connectivity index (χ2n) is 5.59. The summed E-state index contributed by atoms with van der Waals surface area (Å²) in [6.45, 7) is 0. The summed E-state index contributed by atoms with van der Waals surface area (Å²) in [6.07, 6.45) is 1.69. The van der Waals surface area contributed by atoms with Crippen molar-refractivity contribution in [1.82, 2.24) is 4.41 Å². The summed E-state index contributed by atoms with van der Waals surface area (Å²) < 4.78 is 31.8. The Morgan fingerprint density at radius 1 is 1.21 bits per heavy atom. The zero-order chi connectivity index (χ0) is 17.3. The smallest absolute Gasteiger partial charge is 0.247 e. The predicted molar refractivity (Wildman–Crippen MR) is 97.7 cm³/mol. The lowest BCUT2D eigenvalue weighted by Crippen LogP contribution is -2.25. The van der Waals surface area contributed by atoms with E-state index < -0.39 is 10.0 Å². The number of nitrogens with zero attached hydrogens (tertiary/aromatic N) is 2. The highest BCUT2D eigenvalue weighted by atomic mass is 79.9. The molecule has 1 aliphatic rings. The van der Waals surface area contributed by atoms with Crippen LogP contribution in [0, 0.1) is 0 Å². The molecule has 7 heteroatoms. The highest BCUT2D eigenvalue weighted by Gasteiger charge is 2.34. The molecule has 3 rings (SSSR count). The fourth-order valence-corrected chi connectivity index (χ4v) is 3.88. The summed E-state index contributed by atoms with van der Waals surface area (Å²) >= 11 is 3.40. The minimum Gasteiger partial charge on any atom is -0.497 e. The topological polar surface area (TPSA) is 59.0 Å². The lowest BCUT2D eigenvalue weighted by molar-refractivity contribution is 0.371. The number of halogens is 1. The summed E-state index contributed by atoms with van der Waals surface area (Å²) in [4.78, 5) is 0. The van der Waals surface area contributed by atoms with Crippen LogP contribution < -0.4 is 4.74 Å². The quantitative estimate of drug-likeness (QED) is 0.776. The van der Waals surface area contributed by atoms with Gasteiger partial charge in [-0.1, -0.05) is 40.2 Å². The summed E-state index contributed by atoms with van der Waals surface area (Å²) in [5.74, 6) is 0.693. The first kappa shape index (κ1) is 17.0. The Labute approximate surface area is 150 Å². The van der Waals surface area contributed by atoms with Crippen molar-refractivity contribution in [3.63, 3.8) is 0 Å². The van der Waals surface area contributed by atoms with Gasteiger partial charge < -0.3 is 4.74 Å². The lowest BCUT2D eigenvalue weighted by Gasteiger charge is -2.21. The maximum atomic E-state index is 12.2. The standard InChI is InChI=1S/C17H17BrN2O3S/c1-23-15-5-3-4-13(10-15)17-11-16(19-20(17)24(2,21)22)12-6-8-14(18)9-7-12/h3-10,17H,11H2,1-2H3/t17-/m1/s1. The van der Waals surface area contributed by atoms with Gasteiger partial charge in [-0.15, -0.1) is 0 Å². The number of sulfonamides is 1. The molecular weight excluding hydrogens is 392 g/mol. The highest BCUT2D eigenvalue weighted by molar-refractivity contribution is 9.10. The van der Waals surface area contributed by atoms with Gasteiger partial charge in [-0.25, -0.2) is 8.42 Å². The van der Waals surface area contributed by atoms with E-state index in [0.29, 0.717) is 12.2 Å². The molecule has 126 valence electrons. The molecule has 0 spiro atoms. The van der Waals surface area contributed by atoms with Crippen molar-refractivity contribution in [3.8, 4) is 5.75 Å². The number of rotatable bonds is 4. The molecule has 0 N–H and O–H groups in total. The third kappa shape index (κ3) is 3.47. The van der Waals surface area contributed by atoms with Gasteiger partial charge in [-0.05, 0) is 35.4 Å². The molecule has 0 bridgehead atoms. The molecule has 5 nitrogen and oxygen atoms in total.